The van der Waals surface area contributed by atoms with E-state index in [1.54, 1.807) is 19.2 Å². The Balaban J connectivity index is 2.56. The molecule has 0 aliphatic rings. The molecule has 0 saturated heterocycles. The van der Waals surface area contributed by atoms with Gasteiger partial charge in [-0.15, -0.1) is 0 Å². The molecule has 1 atom stereocenters. The Labute approximate surface area is 129 Å². The first-order valence-corrected chi connectivity index (χ1v) is 6.98. The molecule has 0 spiro atoms. The largest absolute Gasteiger partial charge is 0.506 e. The molecule has 1 rings (SSSR count). The van der Waals surface area contributed by atoms with Crippen LogP contribution in [0.2, 0.25) is 0 Å². The first-order valence-electron chi connectivity index (χ1n) is 6.98. The van der Waals surface area contributed by atoms with Gasteiger partial charge in [0.15, 0.2) is 0 Å². The van der Waals surface area contributed by atoms with Gasteiger partial charge in [0.05, 0.1) is 12.1 Å². The molecule has 0 saturated carbocycles. The smallest absolute Gasteiger partial charge is 0.321 e. The van der Waals surface area contributed by atoms with Gasteiger partial charge in [-0.2, -0.15) is 0 Å². The Morgan fingerprint density at radius 3 is 2.73 bits per heavy atom. The van der Waals surface area contributed by atoms with Crippen molar-refractivity contribution in [2.75, 3.05) is 25.6 Å². The van der Waals surface area contributed by atoms with Crippen molar-refractivity contribution in [1.82, 2.24) is 5.32 Å². The predicted molar refractivity (Wildman–Crippen MR) is 82.0 cm³/mol. The SMILES string of the molecule is COCCCN[C@H](CC(=O)Nc1cc(C)ccc1O)C(=O)O. The molecule has 0 aromatic heterocycles. The number of hydrogen-bond donors (Lipinski definition) is 4. The van der Waals surface area contributed by atoms with Crippen LogP contribution in [0.3, 0.4) is 0 Å². The Bertz CT molecular complexity index is 519. The zero-order chi connectivity index (χ0) is 16.5. The van der Waals surface area contributed by atoms with Crippen molar-refractivity contribution in [2.24, 2.45) is 0 Å². The van der Waals surface area contributed by atoms with Crippen LogP contribution in [-0.2, 0) is 14.3 Å². The number of carboxylic acids is 1. The minimum atomic E-state index is -1.10. The Hall–Kier alpha value is -2.12. The minimum Gasteiger partial charge on any atom is -0.506 e. The van der Waals surface area contributed by atoms with Gasteiger partial charge >= 0.3 is 5.97 Å². The summed E-state index contributed by atoms with van der Waals surface area (Å²) in [6.07, 6.45) is 0.427. The second-order valence-corrected chi connectivity index (χ2v) is 4.96. The van der Waals surface area contributed by atoms with Crippen molar-refractivity contribution in [1.29, 1.82) is 0 Å². The molecule has 0 aliphatic carbocycles. The van der Waals surface area contributed by atoms with Gasteiger partial charge in [-0.3, -0.25) is 9.59 Å². The van der Waals surface area contributed by atoms with Crippen LogP contribution in [0.15, 0.2) is 18.2 Å². The van der Waals surface area contributed by atoms with Crippen molar-refractivity contribution in [2.45, 2.75) is 25.8 Å². The Morgan fingerprint density at radius 1 is 1.36 bits per heavy atom. The van der Waals surface area contributed by atoms with Crippen molar-refractivity contribution in [3.05, 3.63) is 23.8 Å². The maximum atomic E-state index is 11.9. The molecule has 0 aliphatic heterocycles. The summed E-state index contributed by atoms with van der Waals surface area (Å²) in [5, 5.41) is 24.1. The molecule has 7 heteroatoms. The summed E-state index contributed by atoms with van der Waals surface area (Å²) in [4.78, 5) is 23.1. The number of nitrogens with one attached hydrogen (secondary N) is 2. The van der Waals surface area contributed by atoms with E-state index < -0.39 is 17.9 Å². The third-order valence-electron chi connectivity index (χ3n) is 3.03. The van der Waals surface area contributed by atoms with Gasteiger partial charge in [-0.05, 0) is 37.6 Å². The molecule has 122 valence electrons. The van der Waals surface area contributed by atoms with E-state index in [-0.39, 0.29) is 17.9 Å². The highest BCUT2D eigenvalue weighted by molar-refractivity contribution is 5.95. The molecule has 0 radical (unpaired) electrons. The van der Waals surface area contributed by atoms with E-state index in [0.717, 1.165) is 5.56 Å². The van der Waals surface area contributed by atoms with Gasteiger partial charge in [-0.25, -0.2) is 0 Å². The van der Waals surface area contributed by atoms with Crippen LogP contribution in [0.4, 0.5) is 5.69 Å². The minimum absolute atomic E-state index is 0.0566. The topological polar surface area (TPSA) is 108 Å². The van der Waals surface area contributed by atoms with Crippen LogP contribution >= 0.6 is 0 Å². The lowest BCUT2D eigenvalue weighted by Crippen LogP contribution is -2.40. The Kier molecular flexibility index (Phi) is 7.34. The maximum Gasteiger partial charge on any atom is 0.321 e. The number of carbonyl (C=O) groups is 2. The third-order valence-corrected chi connectivity index (χ3v) is 3.03. The number of carboxylic acid groups (broad SMARTS) is 1. The van der Waals surface area contributed by atoms with E-state index in [4.69, 9.17) is 9.84 Å². The molecule has 1 amide bonds. The molecule has 1 aromatic carbocycles. The van der Waals surface area contributed by atoms with Crippen LogP contribution in [-0.4, -0.2) is 48.4 Å². The standard InChI is InChI=1S/C15H22N2O5/c1-10-4-5-13(18)11(8-10)17-14(19)9-12(15(20)21)16-6-3-7-22-2/h4-5,8,12,16,18H,3,6-7,9H2,1-2H3,(H,17,19)(H,20,21)/t12-/m1/s1. The molecular formula is C15H22N2O5. The molecule has 0 heterocycles. The fourth-order valence-corrected chi connectivity index (χ4v) is 1.88. The number of amides is 1. The quantitative estimate of drug-likeness (QED) is 0.402. The van der Waals surface area contributed by atoms with Crippen LogP contribution in [0.25, 0.3) is 0 Å². The average molecular weight is 310 g/mol. The number of aliphatic carboxylic acids is 1. The first-order chi connectivity index (χ1) is 10.4. The lowest BCUT2D eigenvalue weighted by Gasteiger charge is -2.15. The van der Waals surface area contributed by atoms with E-state index in [2.05, 4.69) is 10.6 Å². The summed E-state index contributed by atoms with van der Waals surface area (Å²) >= 11 is 0. The lowest BCUT2D eigenvalue weighted by molar-refractivity contribution is -0.141. The van der Waals surface area contributed by atoms with Crippen LogP contribution in [0.1, 0.15) is 18.4 Å². The Morgan fingerprint density at radius 2 is 2.09 bits per heavy atom. The summed E-state index contributed by atoms with van der Waals surface area (Å²) in [5.41, 5.74) is 1.15. The fourth-order valence-electron chi connectivity index (χ4n) is 1.88. The number of rotatable bonds is 9. The van der Waals surface area contributed by atoms with E-state index in [0.29, 0.717) is 19.6 Å². The average Bonchev–Trinajstić information content (AvgIpc) is 2.46. The second kappa shape index (κ2) is 9.01. The number of benzene rings is 1. The van der Waals surface area contributed by atoms with E-state index in [1.165, 1.54) is 6.07 Å². The van der Waals surface area contributed by atoms with Gasteiger partial charge in [0.1, 0.15) is 11.8 Å². The third kappa shape index (κ3) is 6.11. The molecule has 4 N–H and O–H groups in total. The van der Waals surface area contributed by atoms with Crippen molar-refractivity contribution < 1.29 is 24.5 Å². The van der Waals surface area contributed by atoms with Crippen LogP contribution < -0.4 is 10.6 Å². The second-order valence-electron chi connectivity index (χ2n) is 4.96. The lowest BCUT2D eigenvalue weighted by atomic mass is 10.1. The van der Waals surface area contributed by atoms with Crippen molar-refractivity contribution >= 4 is 17.6 Å². The number of phenolic OH excluding ortho intramolecular Hbond substituents is 1. The van der Waals surface area contributed by atoms with Gasteiger partial charge in [0.25, 0.3) is 0 Å². The number of ether oxygens (including phenoxy) is 1. The number of methoxy groups -OCH3 is 1. The highest BCUT2D eigenvalue weighted by Crippen LogP contribution is 2.23. The molecular weight excluding hydrogens is 288 g/mol. The van der Waals surface area contributed by atoms with Crippen LogP contribution in [0.5, 0.6) is 5.75 Å². The number of anilines is 1. The maximum absolute atomic E-state index is 11.9. The zero-order valence-corrected chi connectivity index (χ0v) is 12.8. The molecule has 22 heavy (non-hydrogen) atoms. The van der Waals surface area contributed by atoms with Crippen molar-refractivity contribution in [3.63, 3.8) is 0 Å². The zero-order valence-electron chi connectivity index (χ0n) is 12.8. The van der Waals surface area contributed by atoms with E-state index >= 15 is 0 Å². The molecule has 0 bridgehead atoms. The summed E-state index contributed by atoms with van der Waals surface area (Å²) in [6.45, 7) is 2.78. The molecule has 0 fully saturated rings. The van der Waals surface area contributed by atoms with Gasteiger partial charge in [0.2, 0.25) is 5.91 Å². The number of carbonyl (C=O) groups excluding carboxylic acids is 1. The monoisotopic (exact) mass is 310 g/mol. The normalized spacial score (nSPS) is 11.9. The summed E-state index contributed by atoms with van der Waals surface area (Å²) in [6, 6.07) is 3.82. The van der Waals surface area contributed by atoms with Crippen LogP contribution in [0, 0.1) is 6.92 Å². The molecule has 7 nitrogen and oxygen atoms in total. The van der Waals surface area contributed by atoms with E-state index in [1.807, 2.05) is 6.92 Å². The highest BCUT2D eigenvalue weighted by Gasteiger charge is 2.21. The van der Waals surface area contributed by atoms with Crippen molar-refractivity contribution in [3.8, 4) is 5.75 Å². The number of phenols is 1. The summed E-state index contributed by atoms with van der Waals surface area (Å²) < 4.78 is 4.87. The number of aromatic hydroxyl groups is 1. The number of aryl methyl sites for hydroxylation is 1. The highest BCUT2D eigenvalue weighted by atomic mass is 16.5. The van der Waals surface area contributed by atoms with Gasteiger partial charge < -0.3 is 25.6 Å². The van der Waals surface area contributed by atoms with Gasteiger partial charge in [-0.1, -0.05) is 6.07 Å². The first kappa shape index (κ1) is 17.9. The fraction of sp³-hybridized carbons (Fsp3) is 0.467. The number of hydrogen-bond acceptors (Lipinski definition) is 5. The van der Waals surface area contributed by atoms with E-state index in [9.17, 15) is 14.7 Å². The predicted octanol–water partition coefficient (Wildman–Crippen LogP) is 1.11. The summed E-state index contributed by atoms with van der Waals surface area (Å²) in [5.74, 6) is -1.63. The van der Waals surface area contributed by atoms with Gasteiger partial charge in [0, 0.05) is 13.7 Å². The molecule has 1 aromatic rings. The summed E-state index contributed by atoms with van der Waals surface area (Å²) in [7, 11) is 1.57. The molecule has 0 unspecified atom stereocenters.